The lowest BCUT2D eigenvalue weighted by Crippen LogP contribution is -2.34. The normalized spacial score (nSPS) is 9.90. The van der Waals surface area contributed by atoms with E-state index < -0.39 is 23.7 Å². The average molecular weight is 282 g/mol. The molecule has 0 unspecified atom stereocenters. The number of anilines is 1. The maximum atomic E-state index is 13.4. The molecule has 0 spiro atoms. The van der Waals surface area contributed by atoms with E-state index in [9.17, 15) is 18.8 Å². The lowest BCUT2D eigenvalue weighted by atomic mass is 10.2. The smallest absolute Gasteiger partial charge is 0.325 e. The number of aliphatic carboxylic acids is 1. The van der Waals surface area contributed by atoms with Crippen LogP contribution in [0, 0.1) is 12.7 Å². The van der Waals surface area contributed by atoms with Crippen LogP contribution >= 0.6 is 0 Å². The summed E-state index contributed by atoms with van der Waals surface area (Å²) in [5, 5.41) is 12.6. The van der Waals surface area contributed by atoms with E-state index in [4.69, 9.17) is 5.11 Å². The zero-order valence-electron chi connectivity index (χ0n) is 10.9. The molecular weight excluding hydrogens is 267 g/mol. The Hall–Kier alpha value is -2.44. The first kappa shape index (κ1) is 15.6. The molecule has 6 nitrogen and oxygen atoms in total. The summed E-state index contributed by atoms with van der Waals surface area (Å²) >= 11 is 0. The Morgan fingerprint density at radius 3 is 2.55 bits per heavy atom. The summed E-state index contributed by atoms with van der Waals surface area (Å²) in [6.45, 7) is 1.71. The summed E-state index contributed by atoms with van der Waals surface area (Å²) in [6, 6.07) is 3.41. The van der Waals surface area contributed by atoms with Crippen molar-refractivity contribution in [3.63, 3.8) is 0 Å². The highest BCUT2D eigenvalue weighted by Gasteiger charge is 2.10. The number of urea groups is 1. The van der Waals surface area contributed by atoms with Gasteiger partial charge in [-0.25, -0.2) is 9.18 Å². The zero-order chi connectivity index (χ0) is 15.1. The number of halogens is 1. The lowest BCUT2D eigenvalue weighted by molar-refractivity contribution is -0.137. The van der Waals surface area contributed by atoms with Crippen LogP contribution in [0.25, 0.3) is 0 Å². The second kappa shape index (κ2) is 7.22. The molecular formula is C13H15FN2O4. The molecule has 108 valence electrons. The molecule has 0 fully saturated rings. The van der Waals surface area contributed by atoms with Gasteiger partial charge in [0.15, 0.2) is 0 Å². The molecule has 0 aromatic heterocycles. The van der Waals surface area contributed by atoms with E-state index in [0.29, 0.717) is 5.56 Å². The molecule has 1 aromatic carbocycles. The Bertz CT molecular complexity index is 531. The van der Waals surface area contributed by atoms with Crippen LogP contribution < -0.4 is 10.6 Å². The number of carboxylic acids is 1. The van der Waals surface area contributed by atoms with E-state index in [1.54, 1.807) is 13.0 Å². The van der Waals surface area contributed by atoms with Crippen molar-refractivity contribution in [2.75, 3.05) is 5.32 Å². The van der Waals surface area contributed by atoms with E-state index in [1.807, 2.05) is 5.32 Å². The number of benzene rings is 1. The second-order valence-corrected chi connectivity index (χ2v) is 4.23. The van der Waals surface area contributed by atoms with Gasteiger partial charge in [-0.2, -0.15) is 0 Å². The molecule has 7 heteroatoms. The highest BCUT2D eigenvalue weighted by Crippen LogP contribution is 2.14. The van der Waals surface area contributed by atoms with Gasteiger partial charge in [-0.1, -0.05) is 6.07 Å². The molecule has 1 aromatic rings. The third kappa shape index (κ3) is 5.47. The molecule has 1 rings (SSSR count). The van der Waals surface area contributed by atoms with Crippen molar-refractivity contribution < 1.29 is 23.9 Å². The van der Waals surface area contributed by atoms with Crippen LogP contribution in [0.2, 0.25) is 0 Å². The molecule has 0 atom stereocenters. The largest absolute Gasteiger partial charge is 0.481 e. The number of rotatable bonds is 5. The number of nitrogens with one attached hydrogen (secondary N) is 2. The van der Waals surface area contributed by atoms with Gasteiger partial charge in [0.25, 0.3) is 0 Å². The van der Waals surface area contributed by atoms with Crippen LogP contribution in [0.4, 0.5) is 14.9 Å². The summed E-state index contributed by atoms with van der Waals surface area (Å²) in [7, 11) is 0. The molecule has 3 amide bonds. The maximum absolute atomic E-state index is 13.4. The number of amides is 3. The van der Waals surface area contributed by atoms with Crippen molar-refractivity contribution in [2.24, 2.45) is 0 Å². The summed E-state index contributed by atoms with van der Waals surface area (Å²) < 4.78 is 13.4. The molecule has 20 heavy (non-hydrogen) atoms. The molecule has 0 aliphatic heterocycles. The molecule has 0 saturated heterocycles. The minimum Gasteiger partial charge on any atom is -0.481 e. The highest BCUT2D eigenvalue weighted by atomic mass is 19.1. The van der Waals surface area contributed by atoms with Gasteiger partial charge >= 0.3 is 12.0 Å². The lowest BCUT2D eigenvalue weighted by Gasteiger charge is -2.07. The van der Waals surface area contributed by atoms with E-state index in [2.05, 4.69) is 5.32 Å². The van der Waals surface area contributed by atoms with E-state index in [-0.39, 0.29) is 24.9 Å². The van der Waals surface area contributed by atoms with Crippen LogP contribution in [0.5, 0.6) is 0 Å². The fourth-order valence-electron chi connectivity index (χ4n) is 1.46. The third-order valence-corrected chi connectivity index (χ3v) is 2.42. The summed E-state index contributed by atoms with van der Waals surface area (Å²) in [6.07, 6.45) is -0.106. The molecule has 3 N–H and O–H groups in total. The van der Waals surface area contributed by atoms with Crippen molar-refractivity contribution in [1.82, 2.24) is 5.32 Å². The average Bonchev–Trinajstić information content (AvgIpc) is 2.32. The fraction of sp³-hybridized carbons (Fsp3) is 0.308. The van der Waals surface area contributed by atoms with Gasteiger partial charge in [0.2, 0.25) is 5.91 Å². The minimum absolute atomic E-state index is 0.0357. The van der Waals surface area contributed by atoms with E-state index in [0.717, 1.165) is 0 Å². The minimum atomic E-state index is -1.01. The number of hydrogen-bond acceptors (Lipinski definition) is 3. The van der Waals surface area contributed by atoms with Gasteiger partial charge < -0.3 is 10.4 Å². The molecule has 0 saturated carbocycles. The number of carbonyl (C=O) groups is 3. The van der Waals surface area contributed by atoms with Gasteiger partial charge in [-0.3, -0.25) is 14.9 Å². The first-order chi connectivity index (χ1) is 9.38. The predicted molar refractivity (Wildman–Crippen MR) is 69.8 cm³/mol. The Morgan fingerprint density at radius 2 is 1.95 bits per heavy atom. The van der Waals surface area contributed by atoms with Crippen molar-refractivity contribution >= 4 is 23.6 Å². The third-order valence-electron chi connectivity index (χ3n) is 2.42. The van der Waals surface area contributed by atoms with Gasteiger partial charge in [0.1, 0.15) is 5.82 Å². The Labute approximate surface area is 115 Å². The standard InChI is InChI=1S/C13H15FN2O4/c1-8-5-6-10(9(14)7-8)15-13(20)16-11(17)3-2-4-12(18)19/h5-7H,2-4H2,1H3,(H,18,19)(H2,15,16,17,20). The van der Waals surface area contributed by atoms with E-state index in [1.165, 1.54) is 12.1 Å². The number of imide groups is 1. The first-order valence-corrected chi connectivity index (χ1v) is 5.97. The van der Waals surface area contributed by atoms with Gasteiger partial charge in [0, 0.05) is 12.8 Å². The number of hydrogen-bond donors (Lipinski definition) is 3. The molecule has 0 aliphatic carbocycles. The van der Waals surface area contributed by atoms with Crippen LogP contribution in [0.3, 0.4) is 0 Å². The second-order valence-electron chi connectivity index (χ2n) is 4.23. The quantitative estimate of drug-likeness (QED) is 0.770. The van der Waals surface area contributed by atoms with Gasteiger partial charge in [-0.05, 0) is 31.0 Å². The fourth-order valence-corrected chi connectivity index (χ4v) is 1.46. The summed E-state index contributed by atoms with van der Waals surface area (Å²) in [4.78, 5) is 33.0. The van der Waals surface area contributed by atoms with Crippen LogP contribution in [0.1, 0.15) is 24.8 Å². The molecule has 0 aliphatic rings. The molecule has 0 radical (unpaired) electrons. The number of carbonyl (C=O) groups excluding carboxylic acids is 2. The summed E-state index contributed by atoms with van der Waals surface area (Å²) in [5.74, 6) is -2.22. The maximum Gasteiger partial charge on any atom is 0.325 e. The van der Waals surface area contributed by atoms with Crippen LogP contribution in [0.15, 0.2) is 18.2 Å². The number of aryl methyl sites for hydroxylation is 1. The molecule has 0 bridgehead atoms. The van der Waals surface area contributed by atoms with Crippen molar-refractivity contribution in [2.45, 2.75) is 26.2 Å². The monoisotopic (exact) mass is 282 g/mol. The van der Waals surface area contributed by atoms with Crippen molar-refractivity contribution in [3.05, 3.63) is 29.6 Å². The molecule has 0 heterocycles. The Kier molecular flexibility index (Phi) is 5.64. The zero-order valence-corrected chi connectivity index (χ0v) is 10.9. The van der Waals surface area contributed by atoms with Gasteiger partial charge in [0.05, 0.1) is 5.69 Å². The predicted octanol–water partition coefficient (Wildman–Crippen LogP) is 2.04. The van der Waals surface area contributed by atoms with Crippen LogP contribution in [-0.2, 0) is 9.59 Å². The Morgan fingerprint density at radius 1 is 1.25 bits per heavy atom. The van der Waals surface area contributed by atoms with E-state index >= 15 is 0 Å². The Balaban J connectivity index is 2.43. The number of carboxylic acid groups (broad SMARTS) is 1. The highest BCUT2D eigenvalue weighted by molar-refractivity contribution is 6.01. The van der Waals surface area contributed by atoms with Crippen molar-refractivity contribution in [3.8, 4) is 0 Å². The van der Waals surface area contributed by atoms with Crippen molar-refractivity contribution in [1.29, 1.82) is 0 Å². The summed E-state index contributed by atoms with van der Waals surface area (Å²) in [5.41, 5.74) is 0.671. The SMILES string of the molecule is Cc1ccc(NC(=O)NC(=O)CCCC(=O)O)c(F)c1. The topological polar surface area (TPSA) is 95.5 Å². The first-order valence-electron chi connectivity index (χ1n) is 5.97. The van der Waals surface area contributed by atoms with Crippen LogP contribution in [-0.4, -0.2) is 23.0 Å². The van der Waals surface area contributed by atoms with Gasteiger partial charge in [-0.15, -0.1) is 0 Å².